The number of fused-ring (bicyclic) bond motifs is 1. The highest BCUT2D eigenvalue weighted by Crippen LogP contribution is 2.29. The highest BCUT2D eigenvalue weighted by molar-refractivity contribution is 5.79. The summed E-state index contributed by atoms with van der Waals surface area (Å²) in [6.45, 7) is 1.06. The molecule has 0 saturated carbocycles. The van der Waals surface area contributed by atoms with Crippen LogP contribution in [-0.2, 0) is 19.1 Å². The second-order valence-electron chi connectivity index (χ2n) is 6.20. The molecule has 0 aliphatic carbocycles. The fourth-order valence-corrected chi connectivity index (χ4v) is 2.73. The van der Waals surface area contributed by atoms with Crippen molar-refractivity contribution in [2.75, 3.05) is 13.6 Å². The number of rotatable bonds is 6. The van der Waals surface area contributed by atoms with E-state index in [0.29, 0.717) is 19.0 Å². The van der Waals surface area contributed by atoms with E-state index in [1.165, 1.54) is 12.1 Å². The van der Waals surface area contributed by atoms with E-state index in [4.69, 9.17) is 0 Å². The molecule has 148 valence electrons. The lowest BCUT2D eigenvalue weighted by molar-refractivity contribution is -0.137. The number of pyridine rings is 1. The molecule has 0 unspecified atom stereocenters. The van der Waals surface area contributed by atoms with Crippen LogP contribution in [0.25, 0.3) is 5.65 Å². The molecule has 1 aromatic carbocycles. The van der Waals surface area contributed by atoms with Crippen molar-refractivity contribution in [3.05, 3.63) is 65.6 Å². The van der Waals surface area contributed by atoms with Crippen LogP contribution in [-0.4, -0.2) is 34.2 Å². The number of aliphatic imine (C=N–C) groups is 1. The zero-order valence-corrected chi connectivity index (χ0v) is 15.4. The zero-order chi connectivity index (χ0) is 20.0. The first-order valence-corrected chi connectivity index (χ1v) is 8.86. The lowest BCUT2D eigenvalue weighted by Crippen LogP contribution is -2.37. The molecule has 6 nitrogen and oxygen atoms in total. The minimum Gasteiger partial charge on any atom is -0.356 e. The Balaban J connectivity index is 1.43. The summed E-state index contributed by atoms with van der Waals surface area (Å²) in [4.78, 5) is 4.13. The van der Waals surface area contributed by atoms with Crippen LogP contribution in [0.15, 0.2) is 53.7 Å². The maximum absolute atomic E-state index is 12.6. The lowest BCUT2D eigenvalue weighted by atomic mass is 10.1. The highest BCUT2D eigenvalue weighted by atomic mass is 19.4. The molecule has 28 heavy (non-hydrogen) atoms. The first-order valence-electron chi connectivity index (χ1n) is 8.86. The fraction of sp³-hybridized carbons (Fsp3) is 0.316. The topological polar surface area (TPSA) is 66.6 Å². The van der Waals surface area contributed by atoms with Crippen LogP contribution in [0.4, 0.5) is 13.2 Å². The van der Waals surface area contributed by atoms with Gasteiger partial charge in [-0.15, -0.1) is 10.2 Å². The Kier molecular flexibility index (Phi) is 6.13. The van der Waals surface area contributed by atoms with Gasteiger partial charge in [0.2, 0.25) is 0 Å². The van der Waals surface area contributed by atoms with Crippen molar-refractivity contribution in [3.8, 4) is 0 Å². The van der Waals surface area contributed by atoms with Crippen LogP contribution >= 0.6 is 0 Å². The van der Waals surface area contributed by atoms with Gasteiger partial charge >= 0.3 is 6.18 Å². The van der Waals surface area contributed by atoms with Crippen molar-refractivity contribution < 1.29 is 13.2 Å². The smallest absolute Gasteiger partial charge is 0.356 e. The van der Waals surface area contributed by atoms with Crippen LogP contribution in [0.2, 0.25) is 0 Å². The molecule has 9 heteroatoms. The Morgan fingerprint density at radius 3 is 2.57 bits per heavy atom. The maximum Gasteiger partial charge on any atom is 0.416 e. The zero-order valence-electron chi connectivity index (χ0n) is 15.4. The van der Waals surface area contributed by atoms with Crippen molar-refractivity contribution in [1.82, 2.24) is 25.2 Å². The number of benzene rings is 1. The third-order valence-corrected chi connectivity index (χ3v) is 4.22. The summed E-state index contributed by atoms with van der Waals surface area (Å²) in [7, 11) is 1.65. The molecule has 0 bridgehead atoms. The van der Waals surface area contributed by atoms with Gasteiger partial charge in [0.1, 0.15) is 5.82 Å². The largest absolute Gasteiger partial charge is 0.416 e. The fourth-order valence-electron chi connectivity index (χ4n) is 2.73. The third-order valence-electron chi connectivity index (χ3n) is 4.22. The van der Waals surface area contributed by atoms with Crippen molar-refractivity contribution in [2.45, 2.75) is 25.6 Å². The van der Waals surface area contributed by atoms with Gasteiger partial charge in [-0.25, -0.2) is 0 Å². The van der Waals surface area contributed by atoms with Gasteiger partial charge in [0.25, 0.3) is 0 Å². The molecule has 3 aromatic rings. The highest BCUT2D eigenvalue weighted by Gasteiger charge is 2.29. The van der Waals surface area contributed by atoms with E-state index in [1.807, 2.05) is 28.8 Å². The van der Waals surface area contributed by atoms with Crippen LogP contribution in [0, 0.1) is 0 Å². The second kappa shape index (κ2) is 8.73. The minimum atomic E-state index is -4.32. The molecule has 3 rings (SSSR count). The monoisotopic (exact) mass is 390 g/mol. The summed E-state index contributed by atoms with van der Waals surface area (Å²) in [6, 6.07) is 10.8. The molecule has 2 N–H and O–H groups in total. The molecule has 0 saturated heterocycles. The van der Waals surface area contributed by atoms with E-state index < -0.39 is 11.7 Å². The van der Waals surface area contributed by atoms with E-state index in [-0.39, 0.29) is 0 Å². The molecule has 0 spiro atoms. The van der Waals surface area contributed by atoms with Crippen LogP contribution in [0.5, 0.6) is 0 Å². The predicted molar refractivity (Wildman–Crippen MR) is 101 cm³/mol. The van der Waals surface area contributed by atoms with Crippen LogP contribution in [0.3, 0.4) is 0 Å². The van der Waals surface area contributed by atoms with Gasteiger partial charge in [0, 0.05) is 32.8 Å². The van der Waals surface area contributed by atoms with E-state index in [1.54, 1.807) is 7.05 Å². The number of hydrogen-bond donors (Lipinski definition) is 2. The van der Waals surface area contributed by atoms with Gasteiger partial charge < -0.3 is 10.6 Å². The van der Waals surface area contributed by atoms with Crippen molar-refractivity contribution >= 4 is 11.6 Å². The van der Waals surface area contributed by atoms with Gasteiger partial charge in [0.15, 0.2) is 11.6 Å². The summed E-state index contributed by atoms with van der Waals surface area (Å²) in [5.74, 6) is 1.48. The lowest BCUT2D eigenvalue weighted by Gasteiger charge is -2.12. The summed E-state index contributed by atoms with van der Waals surface area (Å²) < 4.78 is 39.7. The number of halogens is 3. The number of aryl methyl sites for hydroxylation is 1. The molecular formula is C19H21F3N6. The first kappa shape index (κ1) is 19.7. The molecule has 0 radical (unpaired) electrons. The molecule has 0 atom stereocenters. The van der Waals surface area contributed by atoms with Crippen LogP contribution < -0.4 is 10.6 Å². The SMILES string of the molecule is CN=C(NCCCc1nnc2ccccn12)NCc1ccc(C(F)(F)F)cc1. The molecular weight excluding hydrogens is 369 g/mol. The Bertz CT molecular complexity index is 931. The maximum atomic E-state index is 12.6. The number of hydrogen-bond acceptors (Lipinski definition) is 3. The Labute approximate surface area is 160 Å². The summed E-state index contributed by atoms with van der Waals surface area (Å²) in [5, 5.41) is 14.6. The normalized spacial score (nSPS) is 12.4. The Morgan fingerprint density at radius 2 is 1.86 bits per heavy atom. The Morgan fingerprint density at radius 1 is 1.07 bits per heavy atom. The van der Waals surface area contributed by atoms with Crippen molar-refractivity contribution in [2.24, 2.45) is 4.99 Å². The number of guanidine groups is 1. The predicted octanol–water partition coefficient (Wildman–Crippen LogP) is 3.05. The van der Waals surface area contributed by atoms with Crippen LogP contribution in [0.1, 0.15) is 23.4 Å². The molecule has 0 amide bonds. The quantitative estimate of drug-likeness (QED) is 0.386. The molecule has 2 aromatic heterocycles. The third kappa shape index (κ3) is 4.99. The van der Waals surface area contributed by atoms with E-state index in [0.717, 1.165) is 42.0 Å². The van der Waals surface area contributed by atoms with Gasteiger partial charge in [-0.1, -0.05) is 18.2 Å². The average molecular weight is 390 g/mol. The number of nitrogens with one attached hydrogen (secondary N) is 2. The van der Waals surface area contributed by atoms with E-state index in [9.17, 15) is 13.2 Å². The van der Waals surface area contributed by atoms with Gasteiger partial charge in [-0.2, -0.15) is 13.2 Å². The summed E-state index contributed by atoms with van der Waals surface area (Å²) in [6.07, 6.45) is -0.799. The van der Waals surface area contributed by atoms with Crippen molar-refractivity contribution in [1.29, 1.82) is 0 Å². The molecule has 0 aliphatic rings. The summed E-state index contributed by atoms with van der Waals surface area (Å²) >= 11 is 0. The minimum absolute atomic E-state index is 0.382. The van der Waals surface area contributed by atoms with Gasteiger partial charge in [-0.3, -0.25) is 9.39 Å². The molecule has 2 heterocycles. The van der Waals surface area contributed by atoms with E-state index in [2.05, 4.69) is 25.8 Å². The number of alkyl halides is 3. The number of aromatic nitrogens is 3. The standard InChI is InChI=1S/C19H21F3N6/c1-23-18(25-13-14-7-9-15(10-8-14)19(20,21)22)24-11-4-6-17-27-26-16-5-2-3-12-28(16)17/h2-3,5,7-10,12H,4,6,11,13H2,1H3,(H2,23,24,25). The number of nitrogens with zero attached hydrogens (tertiary/aromatic N) is 4. The van der Waals surface area contributed by atoms with E-state index >= 15 is 0 Å². The summed E-state index contributed by atoms with van der Waals surface area (Å²) in [5.41, 5.74) is 0.908. The Hall–Kier alpha value is -3.10. The average Bonchev–Trinajstić information content (AvgIpc) is 3.10. The molecule has 0 aliphatic heterocycles. The molecule has 0 fully saturated rings. The van der Waals surface area contributed by atoms with Gasteiger partial charge in [0.05, 0.1) is 5.56 Å². The van der Waals surface area contributed by atoms with Gasteiger partial charge in [-0.05, 0) is 36.2 Å². The van der Waals surface area contributed by atoms with Crippen molar-refractivity contribution in [3.63, 3.8) is 0 Å². The first-order chi connectivity index (χ1) is 13.5. The second-order valence-corrected chi connectivity index (χ2v) is 6.20.